The average molecular weight is 300 g/mol. The van der Waals surface area contributed by atoms with Gasteiger partial charge in [0.25, 0.3) is 0 Å². The van der Waals surface area contributed by atoms with Crippen LogP contribution in [0.25, 0.3) is 0 Å². The lowest BCUT2D eigenvalue weighted by molar-refractivity contribution is -0.116. The molecule has 0 aliphatic heterocycles. The van der Waals surface area contributed by atoms with Gasteiger partial charge in [0.2, 0.25) is 0 Å². The maximum Gasteiger partial charge on any atom is 0.130 e. The van der Waals surface area contributed by atoms with Crippen LogP contribution in [0.4, 0.5) is 0 Å². The van der Waals surface area contributed by atoms with Crippen molar-refractivity contribution < 1.29 is 4.79 Å². The van der Waals surface area contributed by atoms with Gasteiger partial charge in [-0.15, -0.1) is 5.73 Å². The molecule has 0 heterocycles. The van der Waals surface area contributed by atoms with Crippen LogP contribution in [-0.2, 0) is 4.79 Å². The lowest BCUT2D eigenvalue weighted by Crippen LogP contribution is -2.14. The van der Waals surface area contributed by atoms with E-state index >= 15 is 0 Å². The molecule has 0 aliphatic carbocycles. The SMILES string of the molecule is CCCCCNCC=C=CCCC(C)=O.CCCCS. The van der Waals surface area contributed by atoms with Gasteiger partial charge in [-0.3, -0.25) is 0 Å². The molecule has 0 saturated heterocycles. The van der Waals surface area contributed by atoms with Crippen molar-refractivity contribution in [3.8, 4) is 0 Å². The van der Waals surface area contributed by atoms with Gasteiger partial charge in [-0.25, -0.2) is 0 Å². The van der Waals surface area contributed by atoms with Crippen LogP contribution in [0.15, 0.2) is 17.9 Å². The van der Waals surface area contributed by atoms with Crippen molar-refractivity contribution in [2.45, 2.75) is 65.7 Å². The van der Waals surface area contributed by atoms with Gasteiger partial charge in [0.1, 0.15) is 5.78 Å². The molecular weight excluding hydrogens is 266 g/mol. The summed E-state index contributed by atoms with van der Waals surface area (Å²) >= 11 is 4.00. The summed E-state index contributed by atoms with van der Waals surface area (Å²) in [5.41, 5.74) is 3.07. The van der Waals surface area contributed by atoms with E-state index in [2.05, 4.69) is 37.5 Å². The first-order chi connectivity index (χ1) is 9.68. The largest absolute Gasteiger partial charge is 0.313 e. The summed E-state index contributed by atoms with van der Waals surface area (Å²) in [6.07, 6.45) is 11.7. The minimum absolute atomic E-state index is 0.241. The lowest BCUT2D eigenvalue weighted by atomic mass is 10.2. The van der Waals surface area contributed by atoms with E-state index in [9.17, 15) is 4.79 Å². The fraction of sp³-hybridized carbons (Fsp3) is 0.765. The number of unbranched alkanes of at least 4 members (excludes halogenated alkanes) is 3. The van der Waals surface area contributed by atoms with Crippen LogP contribution in [0, 0.1) is 0 Å². The van der Waals surface area contributed by atoms with Crippen molar-refractivity contribution in [1.29, 1.82) is 0 Å². The molecule has 0 aliphatic rings. The molecule has 1 N–H and O–H groups in total. The Morgan fingerprint density at radius 3 is 2.35 bits per heavy atom. The third-order valence-corrected chi connectivity index (χ3v) is 2.91. The molecule has 0 radical (unpaired) electrons. The lowest BCUT2D eigenvalue weighted by Gasteiger charge is -1.98. The standard InChI is InChI=1S/C13H23NO.C4H10S/c1-3-4-8-11-14-12-9-6-5-7-10-13(2)15;1-2-3-4-5/h5,9,14H,3-4,7-8,10-12H2,1-2H3;5H,2-4H2,1H3. The highest BCUT2D eigenvalue weighted by Crippen LogP contribution is 1.91. The first kappa shape index (κ1) is 21.8. The molecule has 0 rings (SSSR count). The van der Waals surface area contributed by atoms with Crippen LogP contribution in [-0.4, -0.2) is 24.6 Å². The van der Waals surface area contributed by atoms with Crippen LogP contribution >= 0.6 is 12.6 Å². The van der Waals surface area contributed by atoms with Gasteiger partial charge >= 0.3 is 0 Å². The highest BCUT2D eigenvalue weighted by molar-refractivity contribution is 7.80. The second-order valence-corrected chi connectivity index (χ2v) is 5.25. The smallest absolute Gasteiger partial charge is 0.130 e. The van der Waals surface area contributed by atoms with E-state index in [0.717, 1.165) is 25.3 Å². The summed E-state index contributed by atoms with van der Waals surface area (Å²) in [7, 11) is 0. The monoisotopic (exact) mass is 299 g/mol. The zero-order valence-electron chi connectivity index (χ0n) is 13.6. The predicted octanol–water partition coefficient (Wildman–Crippen LogP) is 4.56. The number of ketones is 1. The molecule has 0 atom stereocenters. The zero-order chi connectivity index (χ0) is 15.5. The number of nitrogens with one attached hydrogen (secondary N) is 1. The highest BCUT2D eigenvalue weighted by atomic mass is 32.1. The molecule has 2 nitrogen and oxygen atoms in total. The quantitative estimate of drug-likeness (QED) is 0.332. The summed E-state index contributed by atoms with van der Waals surface area (Å²) in [4.78, 5) is 10.6. The van der Waals surface area contributed by atoms with Gasteiger partial charge in [0.15, 0.2) is 0 Å². The fourth-order valence-electron chi connectivity index (χ4n) is 1.33. The maximum absolute atomic E-state index is 10.6. The van der Waals surface area contributed by atoms with Gasteiger partial charge in [-0.2, -0.15) is 12.6 Å². The van der Waals surface area contributed by atoms with Crippen LogP contribution in [0.1, 0.15) is 65.7 Å². The topological polar surface area (TPSA) is 29.1 Å². The fourth-order valence-corrected chi connectivity index (χ4v) is 1.65. The minimum Gasteiger partial charge on any atom is -0.313 e. The third-order valence-electron chi connectivity index (χ3n) is 2.59. The van der Waals surface area contributed by atoms with Gasteiger partial charge in [-0.05, 0) is 50.6 Å². The molecule has 20 heavy (non-hydrogen) atoms. The van der Waals surface area contributed by atoms with Crippen LogP contribution < -0.4 is 5.32 Å². The number of hydrogen-bond acceptors (Lipinski definition) is 3. The molecule has 3 heteroatoms. The van der Waals surface area contributed by atoms with Gasteiger partial charge in [0, 0.05) is 13.0 Å². The molecule has 0 fully saturated rings. The number of carbonyl (C=O) groups is 1. The van der Waals surface area contributed by atoms with Crippen LogP contribution in [0.3, 0.4) is 0 Å². The highest BCUT2D eigenvalue weighted by Gasteiger charge is 1.87. The molecule has 118 valence electrons. The second-order valence-electron chi connectivity index (χ2n) is 4.80. The first-order valence-corrected chi connectivity index (χ1v) is 8.52. The maximum atomic E-state index is 10.6. The number of Topliss-reactive ketones (excluding diaryl/α,β-unsaturated/α-hetero) is 1. The van der Waals surface area contributed by atoms with Crippen LogP contribution in [0.2, 0.25) is 0 Å². The van der Waals surface area contributed by atoms with Crippen molar-refractivity contribution in [2.75, 3.05) is 18.8 Å². The summed E-state index contributed by atoms with van der Waals surface area (Å²) in [6.45, 7) is 7.94. The van der Waals surface area contributed by atoms with Crippen molar-refractivity contribution >= 4 is 18.4 Å². The average Bonchev–Trinajstić information content (AvgIpc) is 2.42. The Balaban J connectivity index is 0. The molecule has 0 unspecified atom stereocenters. The molecule has 0 aromatic heterocycles. The number of thiol groups is 1. The Labute approximate surface area is 131 Å². The summed E-state index contributed by atoms with van der Waals surface area (Å²) < 4.78 is 0. The number of carbonyl (C=O) groups excluding carboxylic acids is 1. The summed E-state index contributed by atoms with van der Waals surface area (Å²) in [5, 5.41) is 3.31. The van der Waals surface area contributed by atoms with E-state index in [-0.39, 0.29) is 5.78 Å². The van der Waals surface area contributed by atoms with Crippen molar-refractivity contribution in [1.82, 2.24) is 5.32 Å². The normalized spacial score (nSPS) is 9.20. The minimum atomic E-state index is 0.241. The first-order valence-electron chi connectivity index (χ1n) is 7.89. The molecule has 0 spiro atoms. The third kappa shape index (κ3) is 26.1. The molecule has 0 aromatic carbocycles. The molecule has 0 amide bonds. The van der Waals surface area contributed by atoms with Crippen molar-refractivity contribution in [3.63, 3.8) is 0 Å². The number of hydrogen-bond donors (Lipinski definition) is 2. The van der Waals surface area contributed by atoms with E-state index in [1.165, 1.54) is 32.1 Å². The van der Waals surface area contributed by atoms with E-state index in [1.807, 2.05) is 12.2 Å². The molecule has 0 saturated carbocycles. The van der Waals surface area contributed by atoms with E-state index in [1.54, 1.807) is 6.92 Å². The van der Waals surface area contributed by atoms with Crippen molar-refractivity contribution in [3.05, 3.63) is 17.9 Å². The van der Waals surface area contributed by atoms with Gasteiger partial charge < -0.3 is 10.1 Å². The van der Waals surface area contributed by atoms with E-state index in [4.69, 9.17) is 0 Å². The second kappa shape index (κ2) is 20.8. The Morgan fingerprint density at radius 2 is 1.85 bits per heavy atom. The van der Waals surface area contributed by atoms with E-state index < -0.39 is 0 Å². The van der Waals surface area contributed by atoms with Crippen LogP contribution in [0.5, 0.6) is 0 Å². The molecule has 0 aromatic rings. The molecular formula is C17H33NOS. The molecule has 0 bridgehead atoms. The number of rotatable bonds is 11. The summed E-state index contributed by atoms with van der Waals surface area (Å²) in [6, 6.07) is 0. The summed E-state index contributed by atoms with van der Waals surface area (Å²) in [5.74, 6) is 1.28. The Morgan fingerprint density at radius 1 is 1.15 bits per heavy atom. The van der Waals surface area contributed by atoms with E-state index in [0.29, 0.717) is 6.42 Å². The predicted molar refractivity (Wildman–Crippen MR) is 93.7 cm³/mol. The zero-order valence-corrected chi connectivity index (χ0v) is 14.5. The van der Waals surface area contributed by atoms with Gasteiger partial charge in [-0.1, -0.05) is 33.1 Å². The van der Waals surface area contributed by atoms with Gasteiger partial charge in [0.05, 0.1) is 0 Å². The van der Waals surface area contributed by atoms with Crippen molar-refractivity contribution in [2.24, 2.45) is 0 Å². The Kier molecular flexibility index (Phi) is 22.7. The Bertz CT molecular complexity index is 256. The Hall–Kier alpha value is -0.500.